The van der Waals surface area contributed by atoms with E-state index in [1.54, 1.807) is 19.9 Å². The normalized spacial score (nSPS) is 15.6. The summed E-state index contributed by atoms with van der Waals surface area (Å²) >= 11 is 0. The van der Waals surface area contributed by atoms with Crippen LogP contribution in [0.25, 0.3) is 0 Å². The number of nitro groups is 1. The number of nitro benzene ring substituents is 1. The van der Waals surface area contributed by atoms with Gasteiger partial charge < -0.3 is 14.5 Å². The summed E-state index contributed by atoms with van der Waals surface area (Å²) in [7, 11) is -4.59. The monoisotopic (exact) mass is 329 g/mol. The standard InChI is InChI=1S/C14H20NO6P/c1-3-14(4-2,22(18,19)20)21-13-8-7-11(10-5-6-10)9-12(13)15(16)17/h7-10H,3-6H2,1-2H3,(H2,18,19,20). The minimum absolute atomic E-state index is 0.0509. The summed E-state index contributed by atoms with van der Waals surface area (Å²) < 4.78 is 17.3. The van der Waals surface area contributed by atoms with Gasteiger partial charge in [0, 0.05) is 6.07 Å². The number of nitrogens with zero attached hydrogens (tertiary/aromatic N) is 1. The van der Waals surface area contributed by atoms with Gasteiger partial charge in [-0.1, -0.05) is 19.9 Å². The molecule has 0 atom stereocenters. The van der Waals surface area contributed by atoms with Crippen LogP contribution in [0.2, 0.25) is 0 Å². The highest BCUT2D eigenvalue weighted by Crippen LogP contribution is 2.56. The smallest absolute Gasteiger partial charge is 0.368 e. The predicted octanol–water partition coefficient (Wildman–Crippen LogP) is 3.55. The Hall–Kier alpha value is -1.43. The molecule has 1 fully saturated rings. The third-order valence-electron chi connectivity index (χ3n) is 4.16. The van der Waals surface area contributed by atoms with Gasteiger partial charge in [0.2, 0.25) is 5.34 Å². The summed E-state index contributed by atoms with van der Waals surface area (Å²) in [6.07, 6.45) is 2.12. The molecule has 1 aromatic carbocycles. The first-order chi connectivity index (χ1) is 10.2. The van der Waals surface area contributed by atoms with Crippen molar-refractivity contribution in [2.45, 2.75) is 50.8 Å². The predicted molar refractivity (Wildman–Crippen MR) is 81.1 cm³/mol. The lowest BCUT2D eigenvalue weighted by Crippen LogP contribution is -2.34. The van der Waals surface area contributed by atoms with Crippen LogP contribution >= 0.6 is 7.60 Å². The SMILES string of the molecule is CCC(CC)(Oc1ccc(C2CC2)cc1[N+](=O)[O-])P(=O)(O)O. The first-order valence-electron chi connectivity index (χ1n) is 7.27. The van der Waals surface area contributed by atoms with Gasteiger partial charge in [-0.05, 0) is 43.2 Å². The summed E-state index contributed by atoms with van der Waals surface area (Å²) in [5.74, 6) is 0.248. The second kappa shape index (κ2) is 5.99. The van der Waals surface area contributed by atoms with E-state index in [4.69, 9.17) is 4.74 Å². The van der Waals surface area contributed by atoms with E-state index in [1.165, 1.54) is 12.1 Å². The van der Waals surface area contributed by atoms with Crippen LogP contribution in [0.5, 0.6) is 5.75 Å². The van der Waals surface area contributed by atoms with Crippen LogP contribution in [0, 0.1) is 10.1 Å². The van der Waals surface area contributed by atoms with Crippen molar-refractivity contribution in [1.29, 1.82) is 0 Å². The van der Waals surface area contributed by atoms with Crippen molar-refractivity contribution < 1.29 is 24.0 Å². The fraction of sp³-hybridized carbons (Fsp3) is 0.571. The van der Waals surface area contributed by atoms with E-state index in [2.05, 4.69) is 0 Å². The Balaban J connectivity index is 2.42. The quantitative estimate of drug-likeness (QED) is 0.450. The summed E-state index contributed by atoms with van der Waals surface area (Å²) in [4.78, 5) is 29.9. The van der Waals surface area contributed by atoms with E-state index >= 15 is 0 Å². The Morgan fingerprint density at radius 1 is 1.36 bits per heavy atom. The second-order valence-electron chi connectivity index (χ2n) is 5.56. The van der Waals surface area contributed by atoms with E-state index in [9.17, 15) is 24.5 Å². The maximum absolute atomic E-state index is 11.8. The number of ether oxygens (including phenoxy) is 1. The van der Waals surface area contributed by atoms with Gasteiger partial charge in [-0.2, -0.15) is 0 Å². The maximum atomic E-state index is 11.8. The van der Waals surface area contributed by atoms with Crippen LogP contribution in [-0.4, -0.2) is 20.1 Å². The Labute approximate surface area is 128 Å². The minimum Gasteiger partial charge on any atom is -0.467 e. The van der Waals surface area contributed by atoms with Crippen LogP contribution in [0.3, 0.4) is 0 Å². The van der Waals surface area contributed by atoms with Crippen molar-refractivity contribution in [2.24, 2.45) is 0 Å². The minimum atomic E-state index is -4.59. The average molecular weight is 329 g/mol. The lowest BCUT2D eigenvalue weighted by Gasteiger charge is -2.32. The summed E-state index contributed by atoms with van der Waals surface area (Å²) in [6, 6.07) is 4.63. The summed E-state index contributed by atoms with van der Waals surface area (Å²) in [5, 5.41) is 9.52. The van der Waals surface area contributed by atoms with Crippen molar-refractivity contribution in [3.05, 3.63) is 33.9 Å². The van der Waals surface area contributed by atoms with Crippen molar-refractivity contribution in [3.63, 3.8) is 0 Å². The number of hydrogen-bond donors (Lipinski definition) is 2. The van der Waals surface area contributed by atoms with E-state index in [-0.39, 0.29) is 24.3 Å². The van der Waals surface area contributed by atoms with E-state index in [0.717, 1.165) is 18.4 Å². The molecule has 7 nitrogen and oxygen atoms in total. The van der Waals surface area contributed by atoms with Crippen LogP contribution in [-0.2, 0) is 4.57 Å². The van der Waals surface area contributed by atoms with Gasteiger partial charge in [-0.25, -0.2) is 0 Å². The average Bonchev–Trinajstić information content (AvgIpc) is 3.28. The molecule has 0 amide bonds. The molecule has 0 unspecified atom stereocenters. The van der Waals surface area contributed by atoms with Crippen LogP contribution < -0.4 is 4.74 Å². The highest BCUT2D eigenvalue weighted by molar-refractivity contribution is 7.53. The summed E-state index contributed by atoms with van der Waals surface area (Å²) in [6.45, 7) is 3.18. The van der Waals surface area contributed by atoms with Gasteiger partial charge in [-0.15, -0.1) is 0 Å². The lowest BCUT2D eigenvalue weighted by atomic mass is 10.1. The van der Waals surface area contributed by atoms with Crippen molar-refractivity contribution >= 4 is 13.3 Å². The number of hydrogen-bond acceptors (Lipinski definition) is 4. The molecular formula is C14H20NO6P. The van der Waals surface area contributed by atoms with E-state index in [1.807, 2.05) is 0 Å². The highest BCUT2D eigenvalue weighted by Gasteiger charge is 2.47. The van der Waals surface area contributed by atoms with Crippen LogP contribution in [0.1, 0.15) is 51.0 Å². The molecule has 1 aromatic rings. The van der Waals surface area contributed by atoms with Gasteiger partial charge in [0.25, 0.3) is 0 Å². The van der Waals surface area contributed by atoms with Gasteiger partial charge in [-0.3, -0.25) is 14.7 Å². The fourth-order valence-electron chi connectivity index (χ4n) is 2.50. The van der Waals surface area contributed by atoms with Gasteiger partial charge >= 0.3 is 13.3 Å². The zero-order chi connectivity index (χ0) is 16.5. The fourth-order valence-corrected chi connectivity index (χ4v) is 3.55. The molecule has 22 heavy (non-hydrogen) atoms. The van der Waals surface area contributed by atoms with E-state index in [0.29, 0.717) is 5.92 Å². The first-order valence-corrected chi connectivity index (χ1v) is 8.88. The molecule has 0 spiro atoms. The molecule has 0 aromatic heterocycles. The number of benzene rings is 1. The molecule has 0 saturated heterocycles. The van der Waals surface area contributed by atoms with E-state index < -0.39 is 17.9 Å². The largest absolute Gasteiger partial charge is 0.467 e. The Kier molecular flexibility index (Phi) is 4.61. The summed E-state index contributed by atoms with van der Waals surface area (Å²) in [5.41, 5.74) is 0.623. The molecule has 8 heteroatoms. The number of rotatable bonds is 7. The van der Waals surface area contributed by atoms with Gasteiger partial charge in [0.15, 0.2) is 5.75 Å². The van der Waals surface area contributed by atoms with Gasteiger partial charge in [0.05, 0.1) is 4.92 Å². The molecule has 0 aliphatic heterocycles. The molecule has 122 valence electrons. The maximum Gasteiger partial charge on any atom is 0.368 e. The Bertz CT molecular complexity index is 618. The lowest BCUT2D eigenvalue weighted by molar-refractivity contribution is -0.386. The molecule has 0 bridgehead atoms. The topological polar surface area (TPSA) is 110 Å². The second-order valence-corrected chi connectivity index (χ2v) is 7.46. The van der Waals surface area contributed by atoms with Gasteiger partial charge in [0.1, 0.15) is 0 Å². The molecule has 1 aliphatic rings. The van der Waals surface area contributed by atoms with Crippen LogP contribution in [0.4, 0.5) is 5.69 Å². The molecule has 1 saturated carbocycles. The molecular weight excluding hydrogens is 309 g/mol. The molecule has 2 rings (SSSR count). The zero-order valence-electron chi connectivity index (χ0n) is 12.6. The molecule has 0 radical (unpaired) electrons. The van der Waals surface area contributed by atoms with Crippen molar-refractivity contribution in [3.8, 4) is 5.75 Å². The molecule has 1 aliphatic carbocycles. The zero-order valence-corrected chi connectivity index (χ0v) is 13.5. The third kappa shape index (κ3) is 3.16. The third-order valence-corrected chi connectivity index (χ3v) is 5.95. The first kappa shape index (κ1) is 16.9. The molecule has 0 heterocycles. The highest BCUT2D eigenvalue weighted by atomic mass is 31.2. The Morgan fingerprint density at radius 3 is 2.36 bits per heavy atom. The molecule has 2 N–H and O–H groups in total. The van der Waals surface area contributed by atoms with Crippen molar-refractivity contribution in [2.75, 3.05) is 0 Å². The van der Waals surface area contributed by atoms with Crippen LogP contribution in [0.15, 0.2) is 18.2 Å². The van der Waals surface area contributed by atoms with Crippen molar-refractivity contribution in [1.82, 2.24) is 0 Å². The Morgan fingerprint density at radius 2 is 1.95 bits per heavy atom.